The van der Waals surface area contributed by atoms with Gasteiger partial charge in [0.05, 0.1) is 20.8 Å². The molecule has 0 saturated heterocycles. The molecule has 6 heteroatoms. The van der Waals surface area contributed by atoms with Crippen LogP contribution < -0.4 is 20.1 Å². The summed E-state index contributed by atoms with van der Waals surface area (Å²) in [6.45, 7) is 3.25. The van der Waals surface area contributed by atoms with Crippen molar-refractivity contribution >= 4 is 11.6 Å². The monoisotopic (exact) mass is 329 g/mol. The fourth-order valence-corrected chi connectivity index (χ4v) is 2.13. The summed E-state index contributed by atoms with van der Waals surface area (Å²) >= 11 is 0. The largest absolute Gasteiger partial charge is 0.508 e. The van der Waals surface area contributed by atoms with Crippen LogP contribution in [0.15, 0.2) is 47.5 Å². The number of phenols is 1. The van der Waals surface area contributed by atoms with Crippen LogP contribution in [0.4, 0.5) is 5.69 Å². The lowest BCUT2D eigenvalue weighted by molar-refractivity contribution is 0.355. The predicted octanol–water partition coefficient (Wildman–Crippen LogP) is 2.99. The average Bonchev–Trinajstić information content (AvgIpc) is 2.61. The van der Waals surface area contributed by atoms with E-state index in [2.05, 4.69) is 15.6 Å². The van der Waals surface area contributed by atoms with E-state index in [1.807, 2.05) is 37.3 Å². The van der Waals surface area contributed by atoms with E-state index in [0.29, 0.717) is 24.0 Å². The Labute approximate surface area is 142 Å². The minimum absolute atomic E-state index is 0.248. The maximum Gasteiger partial charge on any atom is 0.196 e. The molecule has 0 aliphatic carbocycles. The maximum absolute atomic E-state index is 9.32. The number of hydrogen-bond acceptors (Lipinski definition) is 4. The van der Waals surface area contributed by atoms with Gasteiger partial charge in [0.1, 0.15) is 5.75 Å². The van der Waals surface area contributed by atoms with Crippen molar-refractivity contribution < 1.29 is 14.6 Å². The third-order valence-electron chi connectivity index (χ3n) is 3.35. The van der Waals surface area contributed by atoms with E-state index in [1.54, 1.807) is 26.4 Å². The molecule has 128 valence electrons. The van der Waals surface area contributed by atoms with Crippen molar-refractivity contribution in [1.82, 2.24) is 5.32 Å². The molecule has 6 nitrogen and oxygen atoms in total. The number of methoxy groups -OCH3 is 2. The number of hydrogen-bond donors (Lipinski definition) is 3. The second-order valence-electron chi connectivity index (χ2n) is 5.06. The molecule has 2 rings (SSSR count). The van der Waals surface area contributed by atoms with Gasteiger partial charge >= 0.3 is 0 Å². The van der Waals surface area contributed by atoms with Gasteiger partial charge in [-0.3, -0.25) is 0 Å². The van der Waals surface area contributed by atoms with Gasteiger partial charge in [-0.15, -0.1) is 0 Å². The van der Waals surface area contributed by atoms with Crippen molar-refractivity contribution in [2.24, 2.45) is 4.99 Å². The maximum atomic E-state index is 9.32. The van der Waals surface area contributed by atoms with Gasteiger partial charge in [-0.25, -0.2) is 4.99 Å². The molecule has 0 amide bonds. The van der Waals surface area contributed by atoms with Crippen LogP contribution in [0.5, 0.6) is 17.2 Å². The van der Waals surface area contributed by atoms with Gasteiger partial charge in [0.25, 0.3) is 0 Å². The highest BCUT2D eigenvalue weighted by molar-refractivity contribution is 5.93. The molecule has 0 aromatic heterocycles. The summed E-state index contributed by atoms with van der Waals surface area (Å²) in [7, 11) is 3.21. The minimum Gasteiger partial charge on any atom is -0.508 e. The number of phenolic OH excluding ortho intramolecular Hbond substituents is 1. The zero-order valence-electron chi connectivity index (χ0n) is 14.2. The van der Waals surface area contributed by atoms with Crippen molar-refractivity contribution in [1.29, 1.82) is 0 Å². The first-order chi connectivity index (χ1) is 11.7. The van der Waals surface area contributed by atoms with E-state index < -0.39 is 0 Å². The first-order valence-corrected chi connectivity index (χ1v) is 7.71. The van der Waals surface area contributed by atoms with Crippen molar-refractivity contribution in [2.75, 3.05) is 26.1 Å². The van der Waals surface area contributed by atoms with Gasteiger partial charge in [-0.05, 0) is 36.8 Å². The summed E-state index contributed by atoms with van der Waals surface area (Å²) in [5.41, 5.74) is 1.86. The van der Waals surface area contributed by atoms with Crippen LogP contribution in [0, 0.1) is 0 Å². The van der Waals surface area contributed by atoms with E-state index in [0.717, 1.165) is 17.8 Å². The number of nitrogens with zero attached hydrogens (tertiary/aromatic N) is 1. The lowest BCUT2D eigenvalue weighted by atomic mass is 10.2. The Hall–Kier alpha value is -2.89. The van der Waals surface area contributed by atoms with Gasteiger partial charge in [0.2, 0.25) is 0 Å². The molecule has 2 aromatic carbocycles. The van der Waals surface area contributed by atoms with E-state index in [-0.39, 0.29) is 5.75 Å². The van der Waals surface area contributed by atoms with Crippen LogP contribution in [0.25, 0.3) is 0 Å². The molecule has 0 aliphatic rings. The number of benzene rings is 2. The molecule has 0 fully saturated rings. The molecule has 0 unspecified atom stereocenters. The molecule has 0 radical (unpaired) electrons. The van der Waals surface area contributed by atoms with Crippen molar-refractivity contribution in [3.63, 3.8) is 0 Å². The van der Waals surface area contributed by atoms with Gasteiger partial charge in [-0.2, -0.15) is 0 Å². The number of aliphatic imine (C=N–C) groups is 1. The molecule has 0 bridgehead atoms. The molecule has 0 heterocycles. The second kappa shape index (κ2) is 8.67. The first kappa shape index (κ1) is 17.5. The fraction of sp³-hybridized carbons (Fsp3) is 0.278. The number of nitrogens with one attached hydrogen (secondary N) is 2. The van der Waals surface area contributed by atoms with E-state index in [9.17, 15) is 5.11 Å². The summed E-state index contributed by atoms with van der Waals surface area (Å²) in [6, 6.07) is 12.6. The summed E-state index contributed by atoms with van der Waals surface area (Å²) in [4.78, 5) is 4.55. The first-order valence-electron chi connectivity index (χ1n) is 7.71. The van der Waals surface area contributed by atoms with Crippen molar-refractivity contribution in [3.05, 3.63) is 48.0 Å². The van der Waals surface area contributed by atoms with Crippen LogP contribution >= 0.6 is 0 Å². The van der Waals surface area contributed by atoms with Crippen molar-refractivity contribution in [3.8, 4) is 17.2 Å². The zero-order valence-corrected chi connectivity index (χ0v) is 14.2. The van der Waals surface area contributed by atoms with Crippen molar-refractivity contribution in [2.45, 2.75) is 13.5 Å². The zero-order chi connectivity index (χ0) is 17.4. The van der Waals surface area contributed by atoms with E-state index >= 15 is 0 Å². The number of ether oxygens (including phenoxy) is 2. The smallest absolute Gasteiger partial charge is 0.196 e. The summed E-state index contributed by atoms with van der Waals surface area (Å²) < 4.78 is 10.5. The van der Waals surface area contributed by atoms with Gasteiger partial charge in [0, 0.05) is 18.3 Å². The Morgan fingerprint density at radius 3 is 2.38 bits per heavy atom. The number of aromatic hydroxyl groups is 1. The minimum atomic E-state index is 0.248. The topological polar surface area (TPSA) is 75.1 Å². The van der Waals surface area contributed by atoms with Gasteiger partial charge in [0.15, 0.2) is 17.5 Å². The van der Waals surface area contributed by atoms with Crippen LogP contribution in [0.3, 0.4) is 0 Å². The molecule has 0 aliphatic heterocycles. The standard InChI is InChI=1S/C18H23N3O3/c1-4-19-18(20-12-13-5-8-15(22)9-6-13)21-14-7-10-16(23-2)17(11-14)24-3/h5-11,22H,4,12H2,1-3H3,(H2,19,20,21). The molecule has 3 N–H and O–H groups in total. The molecule has 0 spiro atoms. The van der Waals surface area contributed by atoms with Gasteiger partial charge < -0.3 is 25.2 Å². The lowest BCUT2D eigenvalue weighted by Gasteiger charge is -2.14. The number of guanidine groups is 1. The Morgan fingerprint density at radius 2 is 1.75 bits per heavy atom. The van der Waals surface area contributed by atoms with Crippen LogP contribution in [0.2, 0.25) is 0 Å². The Balaban J connectivity index is 2.12. The molecular weight excluding hydrogens is 306 g/mol. The Kier molecular flexibility index (Phi) is 6.31. The predicted molar refractivity (Wildman–Crippen MR) is 96.1 cm³/mol. The molecule has 24 heavy (non-hydrogen) atoms. The quantitative estimate of drug-likeness (QED) is 0.561. The second-order valence-corrected chi connectivity index (χ2v) is 5.06. The summed E-state index contributed by atoms with van der Waals surface area (Å²) in [6.07, 6.45) is 0. The van der Waals surface area contributed by atoms with E-state index in [1.165, 1.54) is 0 Å². The molecule has 0 saturated carbocycles. The SMILES string of the molecule is CCNC(=NCc1ccc(O)cc1)Nc1ccc(OC)c(OC)c1. The normalized spacial score (nSPS) is 11.0. The summed E-state index contributed by atoms with van der Waals surface area (Å²) in [5, 5.41) is 15.8. The fourth-order valence-electron chi connectivity index (χ4n) is 2.13. The van der Waals surface area contributed by atoms with Crippen LogP contribution in [-0.4, -0.2) is 31.8 Å². The highest BCUT2D eigenvalue weighted by Gasteiger charge is 2.06. The molecule has 0 atom stereocenters. The molecule has 2 aromatic rings. The number of anilines is 1. The van der Waals surface area contributed by atoms with Crippen LogP contribution in [0.1, 0.15) is 12.5 Å². The van der Waals surface area contributed by atoms with Crippen LogP contribution in [-0.2, 0) is 6.54 Å². The lowest BCUT2D eigenvalue weighted by Crippen LogP contribution is -2.30. The third kappa shape index (κ3) is 4.81. The number of rotatable bonds is 6. The Morgan fingerprint density at radius 1 is 1.04 bits per heavy atom. The van der Waals surface area contributed by atoms with E-state index in [4.69, 9.17) is 9.47 Å². The average molecular weight is 329 g/mol. The highest BCUT2D eigenvalue weighted by Crippen LogP contribution is 2.29. The van der Waals surface area contributed by atoms with Gasteiger partial charge in [-0.1, -0.05) is 12.1 Å². The summed E-state index contributed by atoms with van der Waals surface area (Å²) in [5.74, 6) is 2.24. The highest BCUT2D eigenvalue weighted by atomic mass is 16.5. The third-order valence-corrected chi connectivity index (χ3v) is 3.35. The molecular formula is C18H23N3O3. The Bertz CT molecular complexity index is 684.